The van der Waals surface area contributed by atoms with E-state index in [4.69, 9.17) is 5.11 Å². The van der Waals surface area contributed by atoms with Gasteiger partial charge in [0.2, 0.25) is 5.91 Å². The molecule has 0 unspecified atom stereocenters. The lowest BCUT2D eigenvalue weighted by atomic mass is 9.88. The van der Waals surface area contributed by atoms with Crippen LogP contribution in [0, 0.1) is 17.2 Å². The summed E-state index contributed by atoms with van der Waals surface area (Å²) in [5.41, 5.74) is 5.75. The van der Waals surface area contributed by atoms with Gasteiger partial charge in [-0.3, -0.25) is 4.79 Å². The molecule has 4 rings (SSSR count). The molecule has 0 atom stereocenters. The van der Waals surface area contributed by atoms with Crippen molar-refractivity contribution in [3.8, 4) is 17.2 Å². The van der Waals surface area contributed by atoms with Crippen molar-refractivity contribution in [1.82, 2.24) is 0 Å². The van der Waals surface area contributed by atoms with E-state index in [-0.39, 0.29) is 11.8 Å². The fourth-order valence-corrected chi connectivity index (χ4v) is 4.99. The number of carboxylic acid groups (broad SMARTS) is 1. The minimum Gasteiger partial charge on any atom is -0.478 e. The van der Waals surface area contributed by atoms with E-state index in [1.807, 2.05) is 85.7 Å². The zero-order valence-electron chi connectivity index (χ0n) is 21.9. The largest absolute Gasteiger partial charge is 0.478 e. The summed E-state index contributed by atoms with van der Waals surface area (Å²) in [6, 6.07) is 23.6. The van der Waals surface area contributed by atoms with Gasteiger partial charge in [-0.1, -0.05) is 55.7 Å². The molecule has 0 aliphatic heterocycles. The average molecular weight is 508 g/mol. The third kappa shape index (κ3) is 6.49. The van der Waals surface area contributed by atoms with Crippen molar-refractivity contribution in [2.45, 2.75) is 38.6 Å². The second kappa shape index (κ2) is 12.2. The molecule has 1 saturated carbocycles. The Balaban J connectivity index is 1.67. The molecule has 0 heterocycles. The van der Waals surface area contributed by atoms with Crippen LogP contribution in [0.25, 0.3) is 17.2 Å². The molecule has 0 radical (unpaired) electrons. The maximum Gasteiger partial charge on any atom is 0.328 e. The molecule has 3 aromatic carbocycles. The third-order valence-electron chi connectivity index (χ3n) is 7.06. The van der Waals surface area contributed by atoms with E-state index in [9.17, 15) is 14.9 Å². The van der Waals surface area contributed by atoms with E-state index < -0.39 is 5.97 Å². The molecule has 6 nitrogen and oxygen atoms in total. The van der Waals surface area contributed by atoms with Crippen molar-refractivity contribution in [3.05, 3.63) is 89.5 Å². The van der Waals surface area contributed by atoms with Crippen LogP contribution in [0.15, 0.2) is 72.8 Å². The van der Waals surface area contributed by atoms with Gasteiger partial charge < -0.3 is 14.9 Å². The fourth-order valence-electron chi connectivity index (χ4n) is 4.99. The summed E-state index contributed by atoms with van der Waals surface area (Å²) < 4.78 is 0. The first-order valence-corrected chi connectivity index (χ1v) is 13.0. The number of hydrogen-bond acceptors (Lipinski definition) is 4. The molecule has 0 aromatic heterocycles. The molecular weight excluding hydrogens is 474 g/mol. The van der Waals surface area contributed by atoms with E-state index in [0.29, 0.717) is 17.7 Å². The Bertz CT molecular complexity index is 1360. The lowest BCUT2D eigenvalue weighted by molar-refractivity contribution is -0.131. The van der Waals surface area contributed by atoms with Gasteiger partial charge in [0.05, 0.1) is 18.2 Å². The number of carbonyl (C=O) groups excluding carboxylic acids is 1. The Morgan fingerprint density at radius 3 is 2.37 bits per heavy atom. The minimum atomic E-state index is -1.02. The molecule has 1 aliphatic carbocycles. The van der Waals surface area contributed by atoms with Crippen LogP contribution < -0.4 is 9.80 Å². The van der Waals surface area contributed by atoms with E-state index in [1.165, 1.54) is 6.08 Å². The number of anilines is 2. The summed E-state index contributed by atoms with van der Waals surface area (Å²) in [6.07, 6.45) is 7.62. The van der Waals surface area contributed by atoms with Crippen molar-refractivity contribution >= 4 is 29.3 Å². The van der Waals surface area contributed by atoms with Crippen LogP contribution in [0.3, 0.4) is 0 Å². The highest BCUT2D eigenvalue weighted by Crippen LogP contribution is 2.31. The van der Waals surface area contributed by atoms with Crippen LogP contribution in [0.1, 0.15) is 48.8 Å². The number of carboxylic acids is 1. The molecule has 1 aliphatic rings. The van der Waals surface area contributed by atoms with Crippen molar-refractivity contribution in [1.29, 1.82) is 5.26 Å². The van der Waals surface area contributed by atoms with Crippen LogP contribution in [-0.2, 0) is 16.1 Å². The first-order chi connectivity index (χ1) is 18.4. The molecule has 3 aromatic rings. The number of carbonyl (C=O) groups is 2. The van der Waals surface area contributed by atoms with Gasteiger partial charge in [-0.15, -0.1) is 0 Å². The molecule has 1 fully saturated rings. The summed E-state index contributed by atoms with van der Waals surface area (Å²) in [4.78, 5) is 28.6. The smallest absolute Gasteiger partial charge is 0.328 e. The molecule has 194 valence electrons. The number of rotatable bonds is 8. The first kappa shape index (κ1) is 26.7. The summed E-state index contributed by atoms with van der Waals surface area (Å²) in [7, 11) is 3.98. The topological polar surface area (TPSA) is 84.6 Å². The highest BCUT2D eigenvalue weighted by atomic mass is 16.4. The van der Waals surface area contributed by atoms with Gasteiger partial charge in [-0.05, 0) is 71.5 Å². The standard InChI is InChI=1S/C32H33N3O3/c1-34(2)28-15-13-25(14-16-28)30-17-11-24(19-27(30)21-33)22-35(32(38)26-8-4-3-5-9-26)29-10-6-7-23(20-29)12-18-31(36)37/h6-7,10-20,26H,3-5,8-9,22H2,1-2H3,(H,36,37). The summed E-state index contributed by atoms with van der Waals surface area (Å²) in [6.45, 7) is 0.329. The summed E-state index contributed by atoms with van der Waals surface area (Å²) in [5.74, 6) is -0.983. The van der Waals surface area contributed by atoms with E-state index >= 15 is 0 Å². The second-order valence-corrected chi connectivity index (χ2v) is 9.96. The molecule has 1 amide bonds. The van der Waals surface area contributed by atoms with Crippen LogP contribution in [0.5, 0.6) is 0 Å². The predicted molar refractivity (Wildman–Crippen MR) is 152 cm³/mol. The minimum absolute atomic E-state index is 0.0353. The van der Waals surface area contributed by atoms with Crippen LogP contribution in [-0.4, -0.2) is 31.1 Å². The second-order valence-electron chi connectivity index (χ2n) is 9.96. The molecule has 0 saturated heterocycles. The van der Waals surface area contributed by atoms with E-state index in [2.05, 4.69) is 6.07 Å². The quantitative estimate of drug-likeness (QED) is 0.352. The molecule has 0 spiro atoms. The zero-order valence-corrected chi connectivity index (χ0v) is 21.9. The average Bonchev–Trinajstić information content (AvgIpc) is 2.95. The van der Waals surface area contributed by atoms with Crippen molar-refractivity contribution < 1.29 is 14.7 Å². The Hall–Kier alpha value is -4.37. The number of benzene rings is 3. The SMILES string of the molecule is CN(C)c1ccc(-c2ccc(CN(C(=O)C3CCCCC3)c3cccc(C=CC(=O)O)c3)cc2C#N)cc1. The van der Waals surface area contributed by atoms with Gasteiger partial charge >= 0.3 is 5.97 Å². The van der Waals surface area contributed by atoms with Crippen LogP contribution >= 0.6 is 0 Å². The van der Waals surface area contributed by atoms with E-state index in [0.717, 1.165) is 66.2 Å². The van der Waals surface area contributed by atoms with Crippen LogP contribution in [0.4, 0.5) is 11.4 Å². The number of amides is 1. The predicted octanol–water partition coefficient (Wildman–Crippen LogP) is 6.50. The number of hydrogen-bond donors (Lipinski definition) is 1. The highest BCUT2D eigenvalue weighted by Gasteiger charge is 2.27. The molecule has 0 bridgehead atoms. The number of nitrogens with zero attached hydrogens (tertiary/aromatic N) is 3. The Labute approximate surface area is 224 Å². The van der Waals surface area contributed by atoms with E-state index in [1.54, 1.807) is 4.90 Å². The summed E-state index contributed by atoms with van der Waals surface area (Å²) in [5, 5.41) is 19.0. The van der Waals surface area contributed by atoms with Gasteiger partial charge in [0.25, 0.3) is 0 Å². The lowest BCUT2D eigenvalue weighted by Crippen LogP contribution is -2.36. The van der Waals surface area contributed by atoms with Gasteiger partial charge in [0.1, 0.15) is 0 Å². The lowest BCUT2D eigenvalue weighted by Gasteiger charge is -2.30. The Morgan fingerprint density at radius 2 is 1.71 bits per heavy atom. The monoisotopic (exact) mass is 507 g/mol. The molecule has 1 N–H and O–H groups in total. The normalized spacial score (nSPS) is 13.7. The number of nitriles is 1. The van der Waals surface area contributed by atoms with Crippen molar-refractivity contribution in [2.24, 2.45) is 5.92 Å². The summed E-state index contributed by atoms with van der Waals surface area (Å²) >= 11 is 0. The maximum absolute atomic E-state index is 13.8. The van der Waals surface area contributed by atoms with Crippen molar-refractivity contribution in [3.63, 3.8) is 0 Å². The fraction of sp³-hybridized carbons (Fsp3) is 0.281. The van der Waals surface area contributed by atoms with Crippen LogP contribution in [0.2, 0.25) is 0 Å². The maximum atomic E-state index is 13.8. The first-order valence-electron chi connectivity index (χ1n) is 13.0. The highest BCUT2D eigenvalue weighted by molar-refractivity contribution is 5.95. The van der Waals surface area contributed by atoms with Crippen molar-refractivity contribution in [2.75, 3.05) is 23.9 Å². The Morgan fingerprint density at radius 1 is 0.974 bits per heavy atom. The molecule has 38 heavy (non-hydrogen) atoms. The van der Waals surface area contributed by atoms with Gasteiger partial charge in [-0.2, -0.15) is 5.26 Å². The molecular formula is C32H33N3O3. The van der Waals surface area contributed by atoms with Gasteiger partial charge in [0.15, 0.2) is 0 Å². The molecule has 6 heteroatoms. The van der Waals surface area contributed by atoms with Gasteiger partial charge in [-0.25, -0.2) is 4.79 Å². The van der Waals surface area contributed by atoms with Gasteiger partial charge in [0, 0.05) is 37.5 Å². The zero-order chi connectivity index (χ0) is 27.1. The Kier molecular flexibility index (Phi) is 8.60. The third-order valence-corrected chi connectivity index (χ3v) is 7.06. The number of aliphatic carboxylic acids is 1.